The molecule has 1 aliphatic rings. The van der Waals surface area contributed by atoms with Gasteiger partial charge in [-0.05, 0) is 37.3 Å². The van der Waals surface area contributed by atoms with Crippen LogP contribution in [0.5, 0.6) is 0 Å². The Hall–Kier alpha value is -1.68. The minimum Gasteiger partial charge on any atom is -0.393 e. The molecule has 4 heteroatoms. The highest BCUT2D eigenvalue weighted by Crippen LogP contribution is 2.31. The summed E-state index contributed by atoms with van der Waals surface area (Å²) < 4.78 is 0. The van der Waals surface area contributed by atoms with Crippen molar-refractivity contribution in [1.82, 2.24) is 9.97 Å². The molecule has 1 heterocycles. The van der Waals surface area contributed by atoms with Gasteiger partial charge in [-0.2, -0.15) is 0 Å². The van der Waals surface area contributed by atoms with E-state index in [4.69, 9.17) is 0 Å². The first kappa shape index (κ1) is 12.4. The molecule has 0 atom stereocenters. The third-order valence-electron chi connectivity index (χ3n) is 3.96. The minimum atomic E-state index is -0.0951. The molecule has 100 valence electrons. The second-order valence-electron chi connectivity index (χ2n) is 5.54. The summed E-state index contributed by atoms with van der Waals surface area (Å²) in [5.74, 6) is 1.57. The summed E-state index contributed by atoms with van der Waals surface area (Å²) in [4.78, 5) is 11.0. The van der Waals surface area contributed by atoms with E-state index in [0.29, 0.717) is 5.92 Å². The Bertz CT molecular complexity index is 588. The van der Waals surface area contributed by atoms with Gasteiger partial charge in [0.05, 0.1) is 11.6 Å². The molecule has 1 aromatic heterocycles. The normalized spacial score (nSPS) is 22.3. The summed E-state index contributed by atoms with van der Waals surface area (Å²) in [5.41, 5.74) is 2.19. The van der Waals surface area contributed by atoms with Crippen molar-refractivity contribution in [1.29, 1.82) is 0 Å². The van der Waals surface area contributed by atoms with E-state index in [1.165, 1.54) is 5.56 Å². The number of aliphatic hydroxyl groups is 1. The van der Waals surface area contributed by atoms with Crippen LogP contribution in [0.2, 0.25) is 0 Å². The van der Waals surface area contributed by atoms with Crippen LogP contribution in [-0.2, 0) is 0 Å². The molecule has 0 saturated heterocycles. The standard InChI is InChI=1S/C15H19N3O/c1-10-4-3-5-13-14(10)15(17-9-16-13)18(2)8-11-6-12(19)7-11/h3-5,9,11-12,19H,6-8H2,1-2H3. The number of hydrogen-bond acceptors (Lipinski definition) is 4. The lowest BCUT2D eigenvalue weighted by molar-refractivity contribution is 0.0464. The van der Waals surface area contributed by atoms with Crippen molar-refractivity contribution < 1.29 is 5.11 Å². The first-order valence-electron chi connectivity index (χ1n) is 6.74. The number of rotatable bonds is 3. The molecule has 0 unspecified atom stereocenters. The molecule has 1 saturated carbocycles. The van der Waals surface area contributed by atoms with Gasteiger partial charge in [0.15, 0.2) is 0 Å². The van der Waals surface area contributed by atoms with Gasteiger partial charge in [-0.3, -0.25) is 0 Å². The lowest BCUT2D eigenvalue weighted by Gasteiger charge is -2.35. The van der Waals surface area contributed by atoms with Gasteiger partial charge in [0.25, 0.3) is 0 Å². The maximum atomic E-state index is 9.37. The van der Waals surface area contributed by atoms with Crippen LogP contribution in [0.25, 0.3) is 10.9 Å². The van der Waals surface area contributed by atoms with Crippen molar-refractivity contribution in [2.24, 2.45) is 5.92 Å². The number of nitrogens with zero attached hydrogens (tertiary/aromatic N) is 3. The monoisotopic (exact) mass is 257 g/mol. The summed E-state index contributed by atoms with van der Waals surface area (Å²) in [6.07, 6.45) is 3.35. The van der Waals surface area contributed by atoms with Gasteiger partial charge >= 0.3 is 0 Å². The van der Waals surface area contributed by atoms with Crippen molar-refractivity contribution >= 4 is 16.7 Å². The minimum absolute atomic E-state index is 0.0951. The topological polar surface area (TPSA) is 49.2 Å². The van der Waals surface area contributed by atoms with Gasteiger partial charge in [0, 0.05) is 19.0 Å². The zero-order valence-electron chi connectivity index (χ0n) is 11.4. The van der Waals surface area contributed by atoms with Crippen LogP contribution in [-0.4, -0.2) is 34.8 Å². The fourth-order valence-corrected chi connectivity index (χ4v) is 2.87. The Morgan fingerprint density at radius 1 is 1.32 bits per heavy atom. The first-order chi connectivity index (χ1) is 9.15. The lowest BCUT2D eigenvalue weighted by Crippen LogP contribution is -2.37. The number of anilines is 1. The van der Waals surface area contributed by atoms with Gasteiger partial charge in [-0.15, -0.1) is 0 Å². The molecule has 0 aliphatic heterocycles. The number of aryl methyl sites for hydroxylation is 1. The van der Waals surface area contributed by atoms with Crippen molar-refractivity contribution in [3.05, 3.63) is 30.1 Å². The van der Waals surface area contributed by atoms with Crippen LogP contribution in [0.15, 0.2) is 24.5 Å². The predicted octanol–water partition coefficient (Wildman–Crippen LogP) is 2.15. The van der Waals surface area contributed by atoms with E-state index in [9.17, 15) is 5.11 Å². The fourth-order valence-electron chi connectivity index (χ4n) is 2.87. The predicted molar refractivity (Wildman–Crippen MR) is 76.3 cm³/mol. The van der Waals surface area contributed by atoms with Crippen LogP contribution in [0.3, 0.4) is 0 Å². The van der Waals surface area contributed by atoms with E-state index < -0.39 is 0 Å². The number of fused-ring (bicyclic) bond motifs is 1. The van der Waals surface area contributed by atoms with Crippen molar-refractivity contribution in [2.75, 3.05) is 18.5 Å². The van der Waals surface area contributed by atoms with E-state index in [1.807, 2.05) is 12.1 Å². The van der Waals surface area contributed by atoms with E-state index in [-0.39, 0.29) is 6.10 Å². The molecule has 1 aromatic carbocycles. The Balaban J connectivity index is 1.91. The third kappa shape index (κ3) is 2.28. The summed E-state index contributed by atoms with van der Waals surface area (Å²) >= 11 is 0. The number of benzene rings is 1. The highest BCUT2D eigenvalue weighted by Gasteiger charge is 2.28. The second kappa shape index (κ2) is 4.78. The van der Waals surface area contributed by atoms with E-state index in [2.05, 4.69) is 34.9 Å². The van der Waals surface area contributed by atoms with E-state index >= 15 is 0 Å². The van der Waals surface area contributed by atoms with Gasteiger partial charge in [-0.25, -0.2) is 9.97 Å². The van der Waals surface area contributed by atoms with Crippen LogP contribution in [0.4, 0.5) is 5.82 Å². The third-order valence-corrected chi connectivity index (χ3v) is 3.96. The molecule has 2 aromatic rings. The maximum absolute atomic E-state index is 9.37. The van der Waals surface area contributed by atoms with Crippen molar-refractivity contribution in [3.8, 4) is 0 Å². The highest BCUT2D eigenvalue weighted by molar-refractivity contribution is 5.92. The van der Waals surface area contributed by atoms with Gasteiger partial charge < -0.3 is 10.0 Å². The quantitative estimate of drug-likeness (QED) is 0.915. The number of aromatic nitrogens is 2. The van der Waals surface area contributed by atoms with Gasteiger partial charge in [-0.1, -0.05) is 12.1 Å². The molecule has 19 heavy (non-hydrogen) atoms. The summed E-state index contributed by atoms with van der Waals surface area (Å²) in [6.45, 7) is 3.04. The van der Waals surface area contributed by atoms with E-state index in [1.54, 1.807) is 6.33 Å². The number of aliphatic hydroxyl groups excluding tert-OH is 1. The Morgan fingerprint density at radius 2 is 2.11 bits per heavy atom. The maximum Gasteiger partial charge on any atom is 0.139 e. The largest absolute Gasteiger partial charge is 0.393 e. The molecule has 1 fully saturated rings. The van der Waals surface area contributed by atoms with Crippen LogP contribution in [0.1, 0.15) is 18.4 Å². The SMILES string of the molecule is Cc1cccc2ncnc(N(C)CC3CC(O)C3)c12. The van der Waals surface area contributed by atoms with Gasteiger partial charge in [0.1, 0.15) is 12.1 Å². The average molecular weight is 257 g/mol. The Labute approximate surface area is 113 Å². The second-order valence-corrected chi connectivity index (χ2v) is 5.54. The fraction of sp³-hybridized carbons (Fsp3) is 0.467. The summed E-state index contributed by atoms with van der Waals surface area (Å²) in [6, 6.07) is 6.14. The zero-order chi connectivity index (χ0) is 13.4. The first-order valence-corrected chi connectivity index (χ1v) is 6.74. The molecule has 0 radical (unpaired) electrons. The van der Waals surface area contributed by atoms with Crippen molar-refractivity contribution in [2.45, 2.75) is 25.9 Å². The summed E-state index contributed by atoms with van der Waals surface area (Å²) in [5, 5.41) is 10.5. The van der Waals surface area contributed by atoms with Crippen molar-refractivity contribution in [3.63, 3.8) is 0 Å². The molecule has 0 amide bonds. The Morgan fingerprint density at radius 3 is 2.84 bits per heavy atom. The van der Waals surface area contributed by atoms with Gasteiger partial charge in [0.2, 0.25) is 0 Å². The zero-order valence-corrected chi connectivity index (χ0v) is 11.4. The molecule has 1 N–H and O–H groups in total. The molecular weight excluding hydrogens is 238 g/mol. The highest BCUT2D eigenvalue weighted by atomic mass is 16.3. The molecule has 0 bridgehead atoms. The Kier molecular flexibility index (Phi) is 3.11. The van der Waals surface area contributed by atoms with Crippen LogP contribution < -0.4 is 4.90 Å². The van der Waals surface area contributed by atoms with E-state index in [0.717, 1.165) is 36.1 Å². The molecule has 1 aliphatic carbocycles. The molecule has 3 rings (SSSR count). The van der Waals surface area contributed by atoms with Crippen LogP contribution in [0, 0.1) is 12.8 Å². The molecular formula is C15H19N3O. The smallest absolute Gasteiger partial charge is 0.139 e. The summed E-state index contributed by atoms with van der Waals surface area (Å²) in [7, 11) is 2.07. The molecule has 4 nitrogen and oxygen atoms in total. The number of hydrogen-bond donors (Lipinski definition) is 1. The lowest BCUT2D eigenvalue weighted by atomic mass is 9.82. The van der Waals surface area contributed by atoms with Crippen LogP contribution >= 0.6 is 0 Å². The molecule has 0 spiro atoms. The average Bonchev–Trinajstić information content (AvgIpc) is 2.36.